The molecule has 3 rings (SSSR count). The lowest BCUT2D eigenvalue weighted by Crippen LogP contribution is -2.40. The molecule has 2 aromatic heterocycles. The standard InChI is InChI=1S/C15H18FN5O/c1-20-13(4-7-18-20)11-5-8-21(9-6-11)15(22)19-14-3-2-12(16)10-17-14/h2-4,7,10-11H,5-6,8-9H2,1H3,(H,17,19,22). The number of nitrogens with zero attached hydrogens (tertiary/aromatic N) is 4. The molecule has 116 valence electrons. The number of halogens is 1. The molecule has 2 aromatic rings. The SMILES string of the molecule is Cn1nccc1C1CCN(C(=O)Nc2ccc(F)cn2)CC1. The molecule has 0 aliphatic carbocycles. The number of hydrogen-bond donors (Lipinski definition) is 1. The molecule has 2 amide bonds. The smallest absolute Gasteiger partial charge is 0.323 e. The van der Waals surface area contributed by atoms with Crippen LogP contribution in [0.4, 0.5) is 15.0 Å². The van der Waals surface area contributed by atoms with Crippen LogP contribution in [0.5, 0.6) is 0 Å². The van der Waals surface area contributed by atoms with Crippen molar-refractivity contribution in [3.63, 3.8) is 0 Å². The van der Waals surface area contributed by atoms with E-state index in [1.165, 1.54) is 17.8 Å². The topological polar surface area (TPSA) is 63.1 Å². The van der Waals surface area contributed by atoms with Gasteiger partial charge in [0, 0.05) is 37.9 Å². The highest BCUT2D eigenvalue weighted by Gasteiger charge is 2.25. The maximum Gasteiger partial charge on any atom is 0.323 e. The Morgan fingerprint density at radius 1 is 1.32 bits per heavy atom. The minimum Gasteiger partial charge on any atom is -0.324 e. The lowest BCUT2D eigenvalue weighted by molar-refractivity contribution is 0.193. The van der Waals surface area contributed by atoms with E-state index in [1.807, 2.05) is 17.8 Å². The summed E-state index contributed by atoms with van der Waals surface area (Å²) in [5.41, 5.74) is 1.21. The van der Waals surface area contributed by atoms with Gasteiger partial charge in [0.1, 0.15) is 11.6 Å². The number of urea groups is 1. The van der Waals surface area contributed by atoms with Gasteiger partial charge in [0.2, 0.25) is 0 Å². The van der Waals surface area contributed by atoms with Crippen molar-refractivity contribution < 1.29 is 9.18 Å². The fourth-order valence-electron chi connectivity index (χ4n) is 2.80. The second-order valence-corrected chi connectivity index (χ2v) is 5.43. The van der Waals surface area contributed by atoms with Crippen LogP contribution in [0.2, 0.25) is 0 Å². The van der Waals surface area contributed by atoms with Crippen molar-refractivity contribution in [2.45, 2.75) is 18.8 Å². The van der Waals surface area contributed by atoms with E-state index in [2.05, 4.69) is 15.4 Å². The molecule has 3 heterocycles. The van der Waals surface area contributed by atoms with Crippen LogP contribution in [0.3, 0.4) is 0 Å². The summed E-state index contributed by atoms with van der Waals surface area (Å²) < 4.78 is 14.7. The van der Waals surface area contributed by atoms with E-state index in [-0.39, 0.29) is 6.03 Å². The molecule has 7 heteroatoms. The third kappa shape index (κ3) is 3.08. The number of aromatic nitrogens is 3. The maximum atomic E-state index is 12.8. The zero-order valence-corrected chi connectivity index (χ0v) is 12.4. The monoisotopic (exact) mass is 303 g/mol. The largest absolute Gasteiger partial charge is 0.324 e. The molecular formula is C15H18FN5O. The molecule has 0 atom stereocenters. The number of likely N-dealkylation sites (tertiary alicyclic amines) is 1. The average molecular weight is 303 g/mol. The van der Waals surface area contributed by atoms with Gasteiger partial charge >= 0.3 is 6.03 Å². The van der Waals surface area contributed by atoms with E-state index in [9.17, 15) is 9.18 Å². The average Bonchev–Trinajstić information content (AvgIpc) is 2.96. The van der Waals surface area contributed by atoms with Crippen LogP contribution in [0.15, 0.2) is 30.6 Å². The van der Waals surface area contributed by atoms with Crippen molar-refractivity contribution in [2.24, 2.45) is 7.05 Å². The van der Waals surface area contributed by atoms with Crippen LogP contribution < -0.4 is 5.32 Å². The van der Waals surface area contributed by atoms with Crippen molar-refractivity contribution in [1.29, 1.82) is 0 Å². The maximum absolute atomic E-state index is 12.8. The Kier molecular flexibility index (Phi) is 4.04. The molecule has 22 heavy (non-hydrogen) atoms. The highest BCUT2D eigenvalue weighted by atomic mass is 19.1. The molecule has 0 radical (unpaired) electrons. The van der Waals surface area contributed by atoms with Gasteiger partial charge in [-0.1, -0.05) is 0 Å². The first kappa shape index (κ1) is 14.5. The van der Waals surface area contributed by atoms with E-state index in [1.54, 1.807) is 11.1 Å². The number of piperidine rings is 1. The van der Waals surface area contributed by atoms with Crippen molar-refractivity contribution in [1.82, 2.24) is 19.7 Å². The minimum atomic E-state index is -0.421. The lowest BCUT2D eigenvalue weighted by Gasteiger charge is -2.31. The molecule has 1 aliphatic heterocycles. The Balaban J connectivity index is 1.56. The van der Waals surface area contributed by atoms with Crippen LogP contribution in [0, 0.1) is 5.82 Å². The zero-order valence-electron chi connectivity index (χ0n) is 12.4. The predicted molar refractivity (Wildman–Crippen MR) is 80.0 cm³/mol. The number of amides is 2. The molecule has 0 unspecified atom stereocenters. The number of anilines is 1. The van der Waals surface area contributed by atoms with Gasteiger partial charge in [-0.05, 0) is 31.0 Å². The first-order chi connectivity index (χ1) is 10.6. The normalized spacial score (nSPS) is 15.8. The fraction of sp³-hybridized carbons (Fsp3) is 0.400. The van der Waals surface area contributed by atoms with E-state index in [4.69, 9.17) is 0 Å². The molecule has 0 aromatic carbocycles. The van der Waals surface area contributed by atoms with Gasteiger partial charge in [-0.3, -0.25) is 10.00 Å². The predicted octanol–water partition coefficient (Wildman–Crippen LogP) is 2.37. The highest BCUT2D eigenvalue weighted by molar-refractivity contribution is 5.88. The van der Waals surface area contributed by atoms with Gasteiger partial charge in [0.05, 0.1) is 6.20 Å². The van der Waals surface area contributed by atoms with Crippen LogP contribution in [-0.2, 0) is 7.05 Å². The number of hydrogen-bond acceptors (Lipinski definition) is 3. The number of nitrogens with one attached hydrogen (secondary N) is 1. The summed E-state index contributed by atoms with van der Waals surface area (Å²) in [5.74, 6) is 0.371. The van der Waals surface area contributed by atoms with Crippen LogP contribution in [-0.4, -0.2) is 38.8 Å². The molecule has 1 fully saturated rings. The molecule has 6 nitrogen and oxygen atoms in total. The summed E-state index contributed by atoms with van der Waals surface area (Å²) in [5, 5.41) is 6.89. The van der Waals surface area contributed by atoms with Gasteiger partial charge in [-0.25, -0.2) is 14.2 Å². The Labute approximate surface area is 128 Å². The van der Waals surface area contributed by atoms with Crippen molar-refractivity contribution in [3.05, 3.63) is 42.1 Å². The lowest BCUT2D eigenvalue weighted by atomic mass is 9.93. The Bertz CT molecular complexity index is 646. The van der Waals surface area contributed by atoms with Crippen molar-refractivity contribution in [3.8, 4) is 0 Å². The van der Waals surface area contributed by atoms with Gasteiger partial charge in [-0.2, -0.15) is 5.10 Å². The quantitative estimate of drug-likeness (QED) is 0.926. The van der Waals surface area contributed by atoms with Crippen LogP contribution in [0.25, 0.3) is 0 Å². The van der Waals surface area contributed by atoms with E-state index >= 15 is 0 Å². The zero-order chi connectivity index (χ0) is 15.5. The van der Waals surface area contributed by atoms with Crippen molar-refractivity contribution in [2.75, 3.05) is 18.4 Å². The molecule has 1 N–H and O–H groups in total. The molecule has 0 bridgehead atoms. The highest BCUT2D eigenvalue weighted by Crippen LogP contribution is 2.27. The third-order valence-corrected chi connectivity index (χ3v) is 4.02. The molecular weight excluding hydrogens is 285 g/mol. The van der Waals surface area contributed by atoms with Gasteiger partial charge in [-0.15, -0.1) is 0 Å². The van der Waals surface area contributed by atoms with Gasteiger partial charge in [0.25, 0.3) is 0 Å². The summed E-state index contributed by atoms with van der Waals surface area (Å²) in [6, 6.07) is 4.57. The fourth-order valence-corrected chi connectivity index (χ4v) is 2.80. The van der Waals surface area contributed by atoms with Crippen molar-refractivity contribution >= 4 is 11.8 Å². The summed E-state index contributed by atoms with van der Waals surface area (Å²) >= 11 is 0. The first-order valence-electron chi connectivity index (χ1n) is 7.29. The summed E-state index contributed by atoms with van der Waals surface area (Å²) in [6.07, 6.45) is 4.70. The Morgan fingerprint density at radius 3 is 2.68 bits per heavy atom. The second kappa shape index (κ2) is 6.13. The molecule has 0 spiro atoms. The first-order valence-corrected chi connectivity index (χ1v) is 7.29. The number of rotatable bonds is 2. The van der Waals surface area contributed by atoms with E-state index in [0.29, 0.717) is 24.8 Å². The molecule has 1 aliphatic rings. The summed E-state index contributed by atoms with van der Waals surface area (Å²) in [4.78, 5) is 17.8. The molecule has 0 saturated carbocycles. The molecule has 1 saturated heterocycles. The Hall–Kier alpha value is -2.44. The van der Waals surface area contributed by atoms with E-state index in [0.717, 1.165) is 19.0 Å². The second-order valence-electron chi connectivity index (χ2n) is 5.43. The van der Waals surface area contributed by atoms with Crippen LogP contribution in [0.1, 0.15) is 24.5 Å². The Morgan fingerprint density at radius 2 is 2.09 bits per heavy atom. The summed E-state index contributed by atoms with van der Waals surface area (Å²) in [7, 11) is 1.94. The number of aryl methyl sites for hydroxylation is 1. The van der Waals surface area contributed by atoms with Crippen LogP contribution >= 0.6 is 0 Å². The summed E-state index contributed by atoms with van der Waals surface area (Å²) in [6.45, 7) is 1.37. The van der Waals surface area contributed by atoms with Gasteiger partial charge < -0.3 is 4.90 Å². The number of pyridine rings is 1. The number of carbonyl (C=O) groups excluding carboxylic acids is 1. The number of carbonyl (C=O) groups is 1. The van der Waals surface area contributed by atoms with Gasteiger partial charge in [0.15, 0.2) is 0 Å². The third-order valence-electron chi connectivity index (χ3n) is 4.02. The minimum absolute atomic E-state index is 0.192. The van der Waals surface area contributed by atoms with E-state index < -0.39 is 5.82 Å².